The van der Waals surface area contributed by atoms with Crippen LogP contribution in [0.4, 0.5) is 5.82 Å². The van der Waals surface area contributed by atoms with Crippen molar-refractivity contribution in [3.05, 3.63) is 30.6 Å². The van der Waals surface area contributed by atoms with Crippen LogP contribution < -0.4 is 5.73 Å². The van der Waals surface area contributed by atoms with E-state index >= 15 is 0 Å². The molecule has 0 radical (unpaired) electrons. The lowest BCUT2D eigenvalue weighted by Gasteiger charge is -2.32. The van der Waals surface area contributed by atoms with Crippen LogP contribution in [0.15, 0.2) is 30.6 Å². The molecule has 9 heteroatoms. The van der Waals surface area contributed by atoms with Crippen molar-refractivity contribution in [1.29, 1.82) is 0 Å². The number of aromatic nitrogens is 3. The molecule has 1 saturated heterocycles. The second-order valence-corrected chi connectivity index (χ2v) is 11.7. The van der Waals surface area contributed by atoms with Crippen LogP contribution in [0.3, 0.4) is 0 Å². The van der Waals surface area contributed by atoms with Crippen LogP contribution in [-0.2, 0) is 14.8 Å². The number of hydrogen-bond donors (Lipinski definition) is 1. The topological polar surface area (TPSA) is 103 Å². The Hall–Kier alpha value is -2.23. The van der Waals surface area contributed by atoms with Crippen LogP contribution in [0, 0.1) is 5.92 Å². The molecule has 180 valence electrons. The molecule has 1 aliphatic heterocycles. The average molecular weight is 474 g/mol. The molecule has 2 aromatic heterocycles. The van der Waals surface area contributed by atoms with E-state index < -0.39 is 10.0 Å². The lowest BCUT2D eigenvalue weighted by molar-refractivity contribution is 0.0847. The molecule has 33 heavy (non-hydrogen) atoms. The van der Waals surface area contributed by atoms with Crippen LogP contribution in [0.5, 0.6) is 0 Å². The number of benzene rings is 1. The molecule has 1 atom stereocenters. The van der Waals surface area contributed by atoms with Gasteiger partial charge in [0.1, 0.15) is 5.52 Å². The highest BCUT2D eigenvalue weighted by molar-refractivity contribution is 7.89. The summed E-state index contributed by atoms with van der Waals surface area (Å²) >= 11 is 0. The molecule has 0 saturated carbocycles. The van der Waals surface area contributed by atoms with Gasteiger partial charge in [0.25, 0.3) is 0 Å². The van der Waals surface area contributed by atoms with Crippen molar-refractivity contribution in [1.82, 2.24) is 18.8 Å². The summed E-state index contributed by atoms with van der Waals surface area (Å²) in [6, 6.07) is 8.15. The highest BCUT2D eigenvalue weighted by atomic mass is 32.2. The fourth-order valence-electron chi connectivity index (χ4n) is 4.66. The average Bonchev–Trinajstić information content (AvgIpc) is 3.25. The van der Waals surface area contributed by atoms with E-state index in [0.717, 1.165) is 47.6 Å². The molecule has 8 nitrogen and oxygen atoms in total. The molecule has 4 rings (SSSR count). The van der Waals surface area contributed by atoms with Gasteiger partial charge in [-0.05, 0) is 51.5 Å². The van der Waals surface area contributed by atoms with Crippen LogP contribution in [-0.4, -0.2) is 58.8 Å². The van der Waals surface area contributed by atoms with Crippen LogP contribution in [0.2, 0.25) is 0 Å². The number of imidazole rings is 1. The molecule has 0 aliphatic carbocycles. The van der Waals surface area contributed by atoms with Gasteiger partial charge in [0.15, 0.2) is 5.82 Å². The van der Waals surface area contributed by atoms with Crippen molar-refractivity contribution in [2.24, 2.45) is 5.92 Å². The van der Waals surface area contributed by atoms with Crippen molar-refractivity contribution in [3.8, 4) is 0 Å². The van der Waals surface area contributed by atoms with Gasteiger partial charge in [-0.1, -0.05) is 25.1 Å². The number of rotatable bonds is 9. The first-order valence-electron chi connectivity index (χ1n) is 11.9. The minimum Gasteiger partial charge on any atom is -0.382 e. The fourth-order valence-corrected chi connectivity index (χ4v) is 5.98. The third kappa shape index (κ3) is 4.85. The normalized spacial score (nSPS) is 17.3. The third-order valence-electron chi connectivity index (χ3n) is 6.81. The predicted octanol–water partition coefficient (Wildman–Crippen LogP) is 3.97. The number of anilines is 1. The van der Waals surface area contributed by atoms with E-state index in [0.29, 0.717) is 38.0 Å². The van der Waals surface area contributed by atoms with E-state index in [9.17, 15) is 8.42 Å². The lowest BCUT2D eigenvalue weighted by Crippen LogP contribution is -2.42. The first-order chi connectivity index (χ1) is 15.8. The van der Waals surface area contributed by atoms with Crippen LogP contribution in [0.1, 0.15) is 52.5 Å². The van der Waals surface area contributed by atoms with Gasteiger partial charge in [-0.3, -0.25) is 0 Å². The first kappa shape index (κ1) is 23.9. The van der Waals surface area contributed by atoms with Gasteiger partial charge in [0.2, 0.25) is 10.0 Å². The predicted molar refractivity (Wildman–Crippen MR) is 133 cm³/mol. The van der Waals surface area contributed by atoms with Crippen molar-refractivity contribution < 1.29 is 13.2 Å². The number of pyridine rings is 1. The summed E-state index contributed by atoms with van der Waals surface area (Å²) in [5.74, 6) is 0.955. The monoisotopic (exact) mass is 473 g/mol. The van der Waals surface area contributed by atoms with Crippen LogP contribution in [0.25, 0.3) is 21.9 Å². The Labute approximate surface area is 196 Å². The zero-order valence-electron chi connectivity index (χ0n) is 19.8. The maximum absolute atomic E-state index is 12.4. The van der Waals surface area contributed by atoms with Gasteiger partial charge < -0.3 is 15.0 Å². The maximum Gasteiger partial charge on any atom is 0.216 e. The number of fused-ring (bicyclic) bond motifs is 3. The minimum absolute atomic E-state index is 0.151. The fraction of sp³-hybridized carbons (Fsp3) is 0.583. The maximum atomic E-state index is 12.4. The molecule has 1 aromatic carbocycles. The summed E-state index contributed by atoms with van der Waals surface area (Å²) in [4.78, 5) is 9.03. The summed E-state index contributed by atoms with van der Waals surface area (Å²) in [6.45, 7) is 8.15. The summed E-state index contributed by atoms with van der Waals surface area (Å²) in [5, 5.41) is 0.687. The Morgan fingerprint density at radius 2 is 1.94 bits per heavy atom. The number of nitrogens with zero attached hydrogens (tertiary/aromatic N) is 4. The Morgan fingerprint density at radius 1 is 1.21 bits per heavy atom. The molecular weight excluding hydrogens is 438 g/mol. The summed E-state index contributed by atoms with van der Waals surface area (Å²) in [5.41, 5.74) is 8.78. The number of piperidine rings is 1. The standard InChI is InChI=1S/C24H35N5O3S/c1-4-19(15-32-14-11-18-9-12-28(13-10-18)33(30,31)17(2)3)29-16-26-22-23(29)20-7-5-6-8-21(20)27-24(22)25/h5-8,16-19H,4,9-15H2,1-3H3,(H2,25,27). The molecule has 3 heterocycles. The van der Waals surface area contributed by atoms with E-state index in [1.807, 2.05) is 24.5 Å². The Bertz CT molecular complexity index is 1200. The smallest absolute Gasteiger partial charge is 0.216 e. The minimum atomic E-state index is -3.15. The number of nitrogen functional groups attached to an aromatic ring is 1. The molecule has 0 amide bonds. The van der Waals surface area contributed by atoms with Crippen molar-refractivity contribution in [3.63, 3.8) is 0 Å². The Balaban J connectivity index is 1.35. The van der Waals surface area contributed by atoms with Crippen LogP contribution >= 0.6 is 0 Å². The number of nitrogens with two attached hydrogens (primary N) is 1. The molecule has 2 N–H and O–H groups in total. The number of para-hydroxylation sites is 1. The molecule has 0 bridgehead atoms. The first-order valence-corrected chi connectivity index (χ1v) is 13.4. The second-order valence-electron chi connectivity index (χ2n) is 9.23. The zero-order valence-corrected chi connectivity index (χ0v) is 20.6. The van der Waals surface area contributed by atoms with Gasteiger partial charge in [0, 0.05) is 25.1 Å². The van der Waals surface area contributed by atoms with E-state index in [1.54, 1.807) is 18.2 Å². The SMILES string of the molecule is CCC(COCCC1CCN(S(=O)(=O)C(C)C)CC1)n1cnc2c(N)nc3ccccc3c21. The number of sulfonamides is 1. The van der Waals surface area contributed by atoms with Gasteiger partial charge in [0.05, 0.1) is 35.3 Å². The summed E-state index contributed by atoms with van der Waals surface area (Å²) < 4.78 is 34.6. The van der Waals surface area contributed by atoms with Gasteiger partial charge >= 0.3 is 0 Å². The van der Waals surface area contributed by atoms with Crippen molar-refractivity contribution in [2.45, 2.75) is 57.7 Å². The van der Waals surface area contributed by atoms with Gasteiger partial charge in [-0.15, -0.1) is 0 Å². The third-order valence-corrected chi connectivity index (χ3v) is 9.09. The molecule has 1 fully saturated rings. The molecular formula is C24H35N5O3S. The zero-order chi connectivity index (χ0) is 23.6. The van der Waals surface area contributed by atoms with E-state index in [1.165, 1.54) is 0 Å². The largest absolute Gasteiger partial charge is 0.382 e. The quantitative estimate of drug-likeness (QED) is 0.472. The summed E-state index contributed by atoms with van der Waals surface area (Å²) in [7, 11) is -3.15. The molecule has 0 spiro atoms. The highest BCUT2D eigenvalue weighted by Gasteiger charge is 2.30. The van der Waals surface area contributed by atoms with E-state index in [4.69, 9.17) is 10.5 Å². The van der Waals surface area contributed by atoms with Gasteiger partial charge in [-0.25, -0.2) is 22.7 Å². The highest BCUT2D eigenvalue weighted by Crippen LogP contribution is 2.30. The van der Waals surface area contributed by atoms with E-state index in [2.05, 4.69) is 27.5 Å². The Morgan fingerprint density at radius 3 is 2.64 bits per heavy atom. The lowest BCUT2D eigenvalue weighted by atomic mass is 9.95. The van der Waals surface area contributed by atoms with Crippen molar-refractivity contribution >= 4 is 37.8 Å². The number of hydrogen-bond acceptors (Lipinski definition) is 6. The van der Waals surface area contributed by atoms with Gasteiger partial charge in [-0.2, -0.15) is 0 Å². The van der Waals surface area contributed by atoms with E-state index in [-0.39, 0.29) is 11.3 Å². The molecule has 1 aliphatic rings. The molecule has 3 aromatic rings. The number of ether oxygens (including phenoxy) is 1. The summed E-state index contributed by atoms with van der Waals surface area (Å²) in [6.07, 6.45) is 5.51. The Kier molecular flexibility index (Phi) is 7.21. The molecule has 1 unspecified atom stereocenters. The second kappa shape index (κ2) is 9.95. The van der Waals surface area contributed by atoms with Crippen molar-refractivity contribution in [2.75, 3.05) is 32.0 Å².